The highest BCUT2D eigenvalue weighted by Gasteiger charge is 2.46. The summed E-state index contributed by atoms with van der Waals surface area (Å²) in [6.07, 6.45) is 0. The monoisotopic (exact) mass is 277 g/mol. The van der Waals surface area contributed by atoms with Gasteiger partial charge in [-0.15, -0.1) is 0 Å². The lowest BCUT2D eigenvalue weighted by Crippen LogP contribution is -2.43. The van der Waals surface area contributed by atoms with Crippen molar-refractivity contribution in [1.82, 2.24) is 9.34 Å². The molecular weight excluding hydrogens is 243 g/mol. The SMILES string of the molecule is CCN(CC)[P+](C)(C[Si](C)(C)C)N(CC)CC. The van der Waals surface area contributed by atoms with Crippen LogP contribution in [0.2, 0.25) is 19.6 Å². The van der Waals surface area contributed by atoms with E-state index in [1.165, 1.54) is 32.0 Å². The van der Waals surface area contributed by atoms with E-state index in [2.05, 4.69) is 63.3 Å². The molecule has 0 aromatic rings. The summed E-state index contributed by atoms with van der Waals surface area (Å²) in [6.45, 7) is 24.1. The van der Waals surface area contributed by atoms with Crippen LogP contribution in [0.1, 0.15) is 27.7 Å². The average molecular weight is 277 g/mol. The molecule has 0 saturated heterocycles. The molecule has 4 heteroatoms. The van der Waals surface area contributed by atoms with Crippen molar-refractivity contribution in [3.63, 3.8) is 0 Å². The Morgan fingerprint density at radius 1 is 0.765 bits per heavy atom. The predicted octanol–water partition coefficient (Wildman–Crippen LogP) is 4.02. The molecule has 0 amide bonds. The van der Waals surface area contributed by atoms with Gasteiger partial charge in [0.2, 0.25) is 0 Å². The van der Waals surface area contributed by atoms with Crippen molar-refractivity contribution in [2.75, 3.05) is 38.6 Å². The fraction of sp³-hybridized carbons (Fsp3) is 1.00. The van der Waals surface area contributed by atoms with Crippen LogP contribution in [0, 0.1) is 0 Å². The molecular formula is C13H34N2PSi+. The summed E-state index contributed by atoms with van der Waals surface area (Å²) >= 11 is 0. The molecule has 0 radical (unpaired) electrons. The first kappa shape index (κ1) is 17.6. The lowest BCUT2D eigenvalue weighted by atomic mass is 10.7. The van der Waals surface area contributed by atoms with Gasteiger partial charge in [0, 0.05) is 26.2 Å². The minimum atomic E-state index is -1.08. The first-order chi connectivity index (χ1) is 7.75. The summed E-state index contributed by atoms with van der Waals surface area (Å²) in [6, 6.07) is 0. The maximum absolute atomic E-state index is 2.75. The predicted molar refractivity (Wildman–Crippen MR) is 86.9 cm³/mol. The van der Waals surface area contributed by atoms with E-state index in [0.717, 1.165) is 0 Å². The second kappa shape index (κ2) is 7.23. The Morgan fingerprint density at radius 3 is 1.24 bits per heavy atom. The maximum Gasteiger partial charge on any atom is 0.146 e. The van der Waals surface area contributed by atoms with Crippen molar-refractivity contribution >= 4 is 15.6 Å². The zero-order valence-corrected chi connectivity index (χ0v) is 15.3. The second-order valence-electron chi connectivity index (χ2n) is 6.09. The lowest BCUT2D eigenvalue weighted by molar-refractivity contribution is 0.411. The van der Waals surface area contributed by atoms with Crippen molar-refractivity contribution in [3.05, 3.63) is 0 Å². The fourth-order valence-electron chi connectivity index (χ4n) is 2.94. The normalized spacial score (nSPS) is 13.8. The molecule has 0 saturated carbocycles. The van der Waals surface area contributed by atoms with E-state index in [4.69, 9.17) is 0 Å². The third-order valence-electron chi connectivity index (χ3n) is 3.45. The molecule has 0 unspecified atom stereocenters. The third-order valence-corrected chi connectivity index (χ3v) is 13.2. The highest BCUT2D eigenvalue weighted by molar-refractivity contribution is 7.72. The van der Waals surface area contributed by atoms with Gasteiger partial charge in [-0.2, -0.15) is 9.34 Å². The first-order valence-corrected chi connectivity index (χ1v) is 13.1. The molecule has 0 N–H and O–H groups in total. The van der Waals surface area contributed by atoms with E-state index in [1.807, 2.05) is 0 Å². The average Bonchev–Trinajstić information content (AvgIpc) is 2.18. The van der Waals surface area contributed by atoms with Crippen molar-refractivity contribution in [3.8, 4) is 0 Å². The van der Waals surface area contributed by atoms with Gasteiger partial charge >= 0.3 is 0 Å². The number of rotatable bonds is 8. The topological polar surface area (TPSA) is 6.48 Å². The van der Waals surface area contributed by atoms with Crippen LogP contribution in [-0.4, -0.2) is 56.0 Å². The van der Waals surface area contributed by atoms with Crippen LogP contribution in [0.3, 0.4) is 0 Å². The number of hydrogen-bond acceptors (Lipinski definition) is 2. The van der Waals surface area contributed by atoms with E-state index < -0.39 is 15.6 Å². The van der Waals surface area contributed by atoms with Crippen molar-refractivity contribution in [2.24, 2.45) is 0 Å². The largest absolute Gasteiger partial charge is 0.165 e. The van der Waals surface area contributed by atoms with Crippen LogP contribution in [-0.2, 0) is 0 Å². The molecule has 17 heavy (non-hydrogen) atoms. The summed E-state index contributed by atoms with van der Waals surface area (Å²) in [4.78, 5) is 0. The molecule has 0 fully saturated rings. The molecule has 2 nitrogen and oxygen atoms in total. The van der Waals surface area contributed by atoms with Crippen LogP contribution in [0.4, 0.5) is 0 Å². The molecule has 104 valence electrons. The van der Waals surface area contributed by atoms with Gasteiger partial charge in [0.1, 0.15) is 7.56 Å². The Labute approximate surface area is 111 Å². The van der Waals surface area contributed by atoms with Crippen molar-refractivity contribution < 1.29 is 0 Å². The van der Waals surface area contributed by atoms with Gasteiger partial charge in [-0.25, -0.2) is 0 Å². The zero-order chi connectivity index (χ0) is 13.7. The van der Waals surface area contributed by atoms with Gasteiger partial charge < -0.3 is 0 Å². The fourth-order valence-corrected chi connectivity index (χ4v) is 14.5. The smallest absolute Gasteiger partial charge is 0.146 e. The number of nitrogens with zero attached hydrogens (tertiary/aromatic N) is 2. The highest BCUT2D eigenvalue weighted by Crippen LogP contribution is 2.62. The van der Waals surface area contributed by atoms with Crippen molar-refractivity contribution in [2.45, 2.75) is 47.3 Å². The minimum Gasteiger partial charge on any atom is -0.165 e. The molecule has 0 spiro atoms. The van der Waals surface area contributed by atoms with Gasteiger partial charge in [0.15, 0.2) is 0 Å². The van der Waals surface area contributed by atoms with Crippen LogP contribution in [0.25, 0.3) is 0 Å². The summed E-state index contributed by atoms with van der Waals surface area (Å²) < 4.78 is 5.50. The Balaban J connectivity index is 5.17. The molecule has 0 bridgehead atoms. The van der Waals surface area contributed by atoms with E-state index in [-0.39, 0.29) is 0 Å². The second-order valence-corrected chi connectivity index (χ2v) is 15.8. The van der Waals surface area contributed by atoms with Gasteiger partial charge in [0.25, 0.3) is 0 Å². The molecule has 0 heterocycles. The first-order valence-electron chi connectivity index (χ1n) is 7.11. The number of hydrogen-bond donors (Lipinski definition) is 0. The summed E-state index contributed by atoms with van der Waals surface area (Å²) in [5.74, 6) is 1.46. The van der Waals surface area contributed by atoms with Crippen LogP contribution < -0.4 is 0 Å². The van der Waals surface area contributed by atoms with E-state index in [1.54, 1.807) is 0 Å². The summed E-state index contributed by atoms with van der Waals surface area (Å²) in [5, 5.41) is 0. The Hall–Kier alpha value is 0.567. The van der Waals surface area contributed by atoms with Gasteiger partial charge in [-0.05, 0) is 27.7 Å². The van der Waals surface area contributed by atoms with Crippen LogP contribution >= 0.6 is 7.56 Å². The molecule has 0 aliphatic rings. The minimum absolute atomic E-state index is 1.02. The van der Waals surface area contributed by atoms with Crippen LogP contribution in [0.15, 0.2) is 0 Å². The van der Waals surface area contributed by atoms with Gasteiger partial charge in [-0.1, -0.05) is 19.6 Å². The molecule has 0 aromatic heterocycles. The third kappa shape index (κ3) is 4.98. The molecule has 0 aromatic carbocycles. The van der Waals surface area contributed by atoms with Crippen LogP contribution in [0.5, 0.6) is 0 Å². The lowest BCUT2D eigenvalue weighted by Gasteiger charge is -2.42. The Bertz CT molecular complexity index is 196. The highest BCUT2D eigenvalue weighted by atomic mass is 31.2. The zero-order valence-electron chi connectivity index (χ0n) is 13.4. The molecule has 0 aliphatic carbocycles. The standard InChI is InChI=1S/C13H34N2PSi/c1-9-14(10-2)16(5,13-17(6,7)8)15(11-3)12-4/h9-13H2,1-8H3/q+1. The van der Waals surface area contributed by atoms with Gasteiger partial charge in [0.05, 0.1) is 20.5 Å². The van der Waals surface area contributed by atoms with Crippen molar-refractivity contribution in [1.29, 1.82) is 0 Å². The maximum atomic E-state index is 2.75. The van der Waals surface area contributed by atoms with E-state index in [0.29, 0.717) is 0 Å². The summed E-state index contributed by atoms with van der Waals surface area (Å²) in [5.41, 5.74) is 0. The van der Waals surface area contributed by atoms with E-state index >= 15 is 0 Å². The molecule has 0 atom stereocenters. The molecule has 0 aliphatic heterocycles. The van der Waals surface area contributed by atoms with Gasteiger partial charge in [-0.3, -0.25) is 0 Å². The summed E-state index contributed by atoms with van der Waals surface area (Å²) in [7, 11) is -2.10. The van der Waals surface area contributed by atoms with E-state index in [9.17, 15) is 0 Å². The Kier molecular flexibility index (Phi) is 7.47. The Morgan fingerprint density at radius 2 is 1.06 bits per heavy atom. The molecule has 0 rings (SSSR count). The quantitative estimate of drug-likeness (QED) is 0.488.